The summed E-state index contributed by atoms with van der Waals surface area (Å²) in [6, 6.07) is 9.38. The first-order valence-corrected chi connectivity index (χ1v) is 6.44. The van der Waals surface area contributed by atoms with Crippen LogP contribution in [0.1, 0.15) is 22.7 Å². The SMILES string of the molecule is Cc1cc(C(CO)Nc2cccc(F)c2)cc(C)c1O. The molecule has 0 spiro atoms. The minimum Gasteiger partial charge on any atom is -0.507 e. The molecule has 3 nitrogen and oxygen atoms in total. The third kappa shape index (κ3) is 3.08. The van der Waals surface area contributed by atoms with Gasteiger partial charge in [-0.2, -0.15) is 0 Å². The number of aromatic hydroxyl groups is 1. The number of nitrogens with one attached hydrogen (secondary N) is 1. The summed E-state index contributed by atoms with van der Waals surface area (Å²) in [5, 5.41) is 22.4. The molecule has 0 aromatic heterocycles. The van der Waals surface area contributed by atoms with Crippen molar-refractivity contribution in [1.82, 2.24) is 0 Å². The largest absolute Gasteiger partial charge is 0.507 e. The highest BCUT2D eigenvalue weighted by atomic mass is 19.1. The number of aliphatic hydroxyl groups excluding tert-OH is 1. The molecule has 1 unspecified atom stereocenters. The van der Waals surface area contributed by atoms with Crippen LogP contribution in [0.2, 0.25) is 0 Å². The maximum absolute atomic E-state index is 13.2. The topological polar surface area (TPSA) is 52.5 Å². The minimum atomic E-state index is -0.352. The van der Waals surface area contributed by atoms with Crippen LogP contribution in [-0.4, -0.2) is 16.8 Å². The van der Waals surface area contributed by atoms with Crippen molar-refractivity contribution >= 4 is 5.69 Å². The van der Waals surface area contributed by atoms with Crippen LogP contribution in [0.15, 0.2) is 36.4 Å². The second-order valence-corrected chi connectivity index (χ2v) is 4.89. The van der Waals surface area contributed by atoms with Crippen LogP contribution in [-0.2, 0) is 0 Å². The average Bonchev–Trinajstić information content (AvgIpc) is 2.41. The van der Waals surface area contributed by atoms with Crippen molar-refractivity contribution < 1.29 is 14.6 Å². The summed E-state index contributed by atoms with van der Waals surface area (Å²) >= 11 is 0. The maximum atomic E-state index is 13.2. The Labute approximate surface area is 117 Å². The van der Waals surface area contributed by atoms with E-state index in [0.717, 1.165) is 16.7 Å². The van der Waals surface area contributed by atoms with E-state index in [4.69, 9.17) is 0 Å². The van der Waals surface area contributed by atoms with Gasteiger partial charge in [0.05, 0.1) is 12.6 Å². The van der Waals surface area contributed by atoms with Crippen molar-refractivity contribution in [2.75, 3.05) is 11.9 Å². The first-order chi connectivity index (χ1) is 9.51. The van der Waals surface area contributed by atoms with Gasteiger partial charge in [0.1, 0.15) is 11.6 Å². The van der Waals surface area contributed by atoms with Gasteiger partial charge in [-0.1, -0.05) is 18.2 Å². The molecule has 20 heavy (non-hydrogen) atoms. The van der Waals surface area contributed by atoms with E-state index in [9.17, 15) is 14.6 Å². The molecule has 0 aliphatic carbocycles. The summed E-state index contributed by atoms with van der Waals surface area (Å²) in [5.74, 6) is -0.0686. The average molecular weight is 275 g/mol. The van der Waals surface area contributed by atoms with Crippen LogP contribution in [0.3, 0.4) is 0 Å². The molecule has 106 valence electrons. The lowest BCUT2D eigenvalue weighted by Crippen LogP contribution is -2.15. The molecule has 0 aliphatic rings. The number of hydrogen-bond acceptors (Lipinski definition) is 3. The molecule has 0 bridgehead atoms. The van der Waals surface area contributed by atoms with E-state index in [1.54, 1.807) is 12.1 Å². The predicted octanol–water partition coefficient (Wildman–Crippen LogP) is 3.29. The van der Waals surface area contributed by atoms with Gasteiger partial charge in [-0.05, 0) is 48.7 Å². The van der Waals surface area contributed by atoms with Gasteiger partial charge >= 0.3 is 0 Å². The zero-order chi connectivity index (χ0) is 14.7. The third-order valence-electron chi connectivity index (χ3n) is 3.26. The fourth-order valence-corrected chi connectivity index (χ4v) is 2.20. The summed E-state index contributed by atoms with van der Waals surface area (Å²) in [4.78, 5) is 0. The van der Waals surface area contributed by atoms with Crippen molar-refractivity contribution in [3.63, 3.8) is 0 Å². The highest BCUT2D eigenvalue weighted by molar-refractivity contribution is 5.48. The highest BCUT2D eigenvalue weighted by Gasteiger charge is 2.13. The lowest BCUT2D eigenvalue weighted by Gasteiger charge is -2.20. The van der Waals surface area contributed by atoms with E-state index >= 15 is 0 Å². The Morgan fingerprint density at radius 2 is 1.80 bits per heavy atom. The number of aryl methyl sites for hydroxylation is 2. The molecule has 2 rings (SSSR count). The molecule has 2 aromatic rings. The van der Waals surface area contributed by atoms with Gasteiger partial charge in [0.2, 0.25) is 0 Å². The van der Waals surface area contributed by atoms with Gasteiger partial charge in [0, 0.05) is 5.69 Å². The normalized spacial score (nSPS) is 12.2. The third-order valence-corrected chi connectivity index (χ3v) is 3.26. The van der Waals surface area contributed by atoms with Crippen LogP contribution < -0.4 is 5.32 Å². The van der Waals surface area contributed by atoms with Crippen molar-refractivity contribution in [3.8, 4) is 5.75 Å². The Morgan fingerprint density at radius 3 is 2.35 bits per heavy atom. The second-order valence-electron chi connectivity index (χ2n) is 4.89. The number of rotatable bonds is 4. The molecule has 0 fully saturated rings. The van der Waals surface area contributed by atoms with Gasteiger partial charge in [-0.3, -0.25) is 0 Å². The van der Waals surface area contributed by atoms with Crippen LogP contribution in [0, 0.1) is 19.7 Å². The summed E-state index contributed by atoms with van der Waals surface area (Å²) in [6.45, 7) is 3.49. The molecule has 0 heterocycles. The van der Waals surface area contributed by atoms with Crippen LogP contribution in [0.4, 0.5) is 10.1 Å². The van der Waals surface area contributed by atoms with Crippen molar-refractivity contribution in [3.05, 3.63) is 58.9 Å². The van der Waals surface area contributed by atoms with Crippen LogP contribution >= 0.6 is 0 Å². The van der Waals surface area contributed by atoms with E-state index < -0.39 is 0 Å². The fraction of sp³-hybridized carbons (Fsp3) is 0.250. The summed E-state index contributed by atoms with van der Waals surface area (Å²) in [5.41, 5.74) is 2.95. The quantitative estimate of drug-likeness (QED) is 0.802. The number of hydrogen-bond donors (Lipinski definition) is 3. The monoisotopic (exact) mass is 275 g/mol. The van der Waals surface area contributed by atoms with Crippen molar-refractivity contribution in [2.45, 2.75) is 19.9 Å². The minimum absolute atomic E-state index is 0.125. The van der Waals surface area contributed by atoms with Crippen LogP contribution in [0.5, 0.6) is 5.75 Å². The number of phenols is 1. The molecule has 0 saturated carbocycles. The van der Waals surface area contributed by atoms with Crippen molar-refractivity contribution in [1.29, 1.82) is 0 Å². The molecule has 0 amide bonds. The lowest BCUT2D eigenvalue weighted by molar-refractivity contribution is 0.276. The van der Waals surface area contributed by atoms with Gasteiger partial charge in [0.25, 0.3) is 0 Å². The highest BCUT2D eigenvalue weighted by Crippen LogP contribution is 2.28. The molecule has 4 heteroatoms. The summed E-state index contributed by atoms with van der Waals surface area (Å²) < 4.78 is 13.2. The number of benzene rings is 2. The number of aliphatic hydroxyl groups is 1. The Kier molecular flexibility index (Phi) is 4.25. The van der Waals surface area contributed by atoms with Gasteiger partial charge in [-0.15, -0.1) is 0 Å². The molecule has 1 atom stereocenters. The Hall–Kier alpha value is -2.07. The van der Waals surface area contributed by atoms with E-state index in [-0.39, 0.29) is 24.2 Å². The van der Waals surface area contributed by atoms with Gasteiger partial charge in [0.15, 0.2) is 0 Å². The molecular weight excluding hydrogens is 257 g/mol. The Bertz CT molecular complexity index is 590. The zero-order valence-corrected chi connectivity index (χ0v) is 11.5. The maximum Gasteiger partial charge on any atom is 0.125 e. The van der Waals surface area contributed by atoms with E-state index in [0.29, 0.717) is 5.69 Å². The summed E-state index contributed by atoms with van der Waals surface area (Å²) in [7, 11) is 0. The zero-order valence-electron chi connectivity index (χ0n) is 11.5. The fourth-order valence-electron chi connectivity index (χ4n) is 2.20. The first-order valence-electron chi connectivity index (χ1n) is 6.44. The smallest absolute Gasteiger partial charge is 0.125 e. The van der Waals surface area contributed by atoms with Gasteiger partial charge < -0.3 is 15.5 Å². The van der Waals surface area contributed by atoms with E-state index in [1.807, 2.05) is 26.0 Å². The predicted molar refractivity (Wildman–Crippen MR) is 77.4 cm³/mol. The molecule has 0 aliphatic heterocycles. The first kappa shape index (κ1) is 14.3. The molecule has 2 aromatic carbocycles. The lowest BCUT2D eigenvalue weighted by atomic mass is 10.0. The van der Waals surface area contributed by atoms with Crippen LogP contribution in [0.25, 0.3) is 0 Å². The Morgan fingerprint density at radius 1 is 1.15 bits per heavy atom. The molecular formula is C16H18FNO2. The molecule has 0 radical (unpaired) electrons. The van der Waals surface area contributed by atoms with Crippen molar-refractivity contribution in [2.24, 2.45) is 0 Å². The standard InChI is InChI=1S/C16H18FNO2/c1-10-6-12(7-11(2)16(10)20)15(9-19)18-14-5-3-4-13(17)8-14/h3-8,15,18-20H,9H2,1-2H3. The Balaban J connectivity index is 2.29. The summed E-state index contributed by atoms with van der Waals surface area (Å²) in [6.07, 6.45) is 0. The molecule has 3 N–H and O–H groups in total. The number of phenolic OH excluding ortho intramolecular Hbond substituents is 1. The molecule has 0 saturated heterocycles. The van der Waals surface area contributed by atoms with E-state index in [2.05, 4.69) is 5.32 Å². The second kappa shape index (κ2) is 5.92. The number of anilines is 1. The van der Waals surface area contributed by atoms with Gasteiger partial charge in [-0.25, -0.2) is 4.39 Å². The van der Waals surface area contributed by atoms with E-state index in [1.165, 1.54) is 12.1 Å². The number of halogens is 1.